The van der Waals surface area contributed by atoms with Crippen molar-refractivity contribution in [3.8, 4) is 0 Å². The second-order valence-electron chi connectivity index (χ2n) is 3.54. The van der Waals surface area contributed by atoms with Gasteiger partial charge in [-0.05, 0) is 36.6 Å². The summed E-state index contributed by atoms with van der Waals surface area (Å²) in [5.74, 6) is 0. The highest BCUT2D eigenvalue weighted by atomic mass is 14.9. The zero-order valence-corrected chi connectivity index (χ0v) is 8.01. The number of nitrogens with one attached hydrogen (secondary N) is 1. The molecule has 2 rings (SSSR count). The van der Waals surface area contributed by atoms with E-state index in [1.807, 2.05) is 6.08 Å². The van der Waals surface area contributed by atoms with Gasteiger partial charge in [-0.3, -0.25) is 0 Å². The van der Waals surface area contributed by atoms with Crippen molar-refractivity contribution in [2.75, 3.05) is 6.54 Å². The highest BCUT2D eigenvalue weighted by Gasteiger charge is 2.16. The summed E-state index contributed by atoms with van der Waals surface area (Å²) in [5.41, 5.74) is 4.21. The molecule has 0 amide bonds. The summed E-state index contributed by atoms with van der Waals surface area (Å²) in [7, 11) is 0. The molecule has 1 heterocycles. The molecule has 1 atom stereocenters. The van der Waals surface area contributed by atoms with Crippen molar-refractivity contribution in [1.29, 1.82) is 0 Å². The number of hydrogen-bond acceptors (Lipinski definition) is 1. The fourth-order valence-corrected chi connectivity index (χ4v) is 2.03. The Morgan fingerprint density at radius 1 is 1.54 bits per heavy atom. The van der Waals surface area contributed by atoms with E-state index in [2.05, 4.69) is 37.0 Å². The molecule has 0 bridgehead atoms. The van der Waals surface area contributed by atoms with Crippen LogP contribution in [0.15, 0.2) is 24.8 Å². The first-order valence-corrected chi connectivity index (χ1v) is 4.80. The van der Waals surface area contributed by atoms with E-state index in [4.69, 9.17) is 0 Å². The molecule has 1 nitrogen and oxygen atoms in total. The Labute approximate surface area is 79.5 Å². The SMILES string of the molecule is C=Cc1cccc2c1CCN[C@@H]2C. The predicted octanol–water partition coefficient (Wildman–Crippen LogP) is 2.54. The molecule has 13 heavy (non-hydrogen) atoms. The molecule has 0 unspecified atom stereocenters. The van der Waals surface area contributed by atoms with Crippen molar-refractivity contribution in [3.05, 3.63) is 41.5 Å². The van der Waals surface area contributed by atoms with Crippen LogP contribution < -0.4 is 5.32 Å². The standard InChI is InChI=1S/C12H15N/c1-3-10-5-4-6-11-9(2)13-8-7-12(10)11/h3-6,9,13H,1,7-8H2,2H3/t9-/m1/s1. The molecule has 0 saturated heterocycles. The summed E-state index contributed by atoms with van der Waals surface area (Å²) in [6.07, 6.45) is 3.08. The lowest BCUT2D eigenvalue weighted by Crippen LogP contribution is -2.28. The van der Waals surface area contributed by atoms with Gasteiger partial charge in [0.05, 0.1) is 0 Å². The van der Waals surface area contributed by atoms with Crippen LogP contribution >= 0.6 is 0 Å². The Morgan fingerprint density at radius 2 is 2.38 bits per heavy atom. The molecule has 0 radical (unpaired) electrons. The quantitative estimate of drug-likeness (QED) is 0.688. The average Bonchev–Trinajstić information content (AvgIpc) is 2.18. The van der Waals surface area contributed by atoms with Crippen LogP contribution in [0.5, 0.6) is 0 Å². The van der Waals surface area contributed by atoms with Crippen molar-refractivity contribution in [1.82, 2.24) is 5.32 Å². The van der Waals surface area contributed by atoms with Crippen molar-refractivity contribution in [3.63, 3.8) is 0 Å². The van der Waals surface area contributed by atoms with Crippen LogP contribution in [-0.4, -0.2) is 6.54 Å². The third kappa shape index (κ3) is 1.40. The maximum atomic E-state index is 3.84. The van der Waals surface area contributed by atoms with Crippen LogP contribution in [-0.2, 0) is 6.42 Å². The first kappa shape index (κ1) is 8.52. The molecule has 1 aliphatic rings. The number of rotatable bonds is 1. The normalized spacial score (nSPS) is 20.8. The van der Waals surface area contributed by atoms with Crippen LogP contribution in [0, 0.1) is 0 Å². The van der Waals surface area contributed by atoms with Gasteiger partial charge in [0.15, 0.2) is 0 Å². The lowest BCUT2D eigenvalue weighted by Gasteiger charge is -2.25. The van der Waals surface area contributed by atoms with Gasteiger partial charge in [0.2, 0.25) is 0 Å². The summed E-state index contributed by atoms with van der Waals surface area (Å²) in [4.78, 5) is 0. The molecule has 1 N–H and O–H groups in total. The predicted molar refractivity (Wildman–Crippen MR) is 56.7 cm³/mol. The maximum absolute atomic E-state index is 3.84. The molecular formula is C12H15N. The Kier molecular flexibility index (Phi) is 2.19. The lowest BCUT2D eigenvalue weighted by molar-refractivity contribution is 0.540. The smallest absolute Gasteiger partial charge is 0.0294 e. The Balaban J connectivity index is 2.54. The van der Waals surface area contributed by atoms with Gasteiger partial charge in [0.25, 0.3) is 0 Å². The van der Waals surface area contributed by atoms with E-state index in [9.17, 15) is 0 Å². The van der Waals surface area contributed by atoms with Gasteiger partial charge in [-0.2, -0.15) is 0 Å². The zero-order valence-electron chi connectivity index (χ0n) is 8.01. The number of hydrogen-bond donors (Lipinski definition) is 1. The van der Waals surface area contributed by atoms with E-state index in [-0.39, 0.29) is 0 Å². The monoisotopic (exact) mass is 173 g/mol. The first-order chi connectivity index (χ1) is 6.33. The fourth-order valence-electron chi connectivity index (χ4n) is 2.03. The van der Waals surface area contributed by atoms with E-state index < -0.39 is 0 Å². The summed E-state index contributed by atoms with van der Waals surface area (Å²) in [6, 6.07) is 6.95. The Bertz CT molecular complexity index is 328. The average molecular weight is 173 g/mol. The highest BCUT2D eigenvalue weighted by molar-refractivity contribution is 5.55. The molecule has 0 spiro atoms. The van der Waals surface area contributed by atoms with Crippen LogP contribution in [0.1, 0.15) is 29.7 Å². The van der Waals surface area contributed by atoms with Crippen LogP contribution in [0.4, 0.5) is 0 Å². The maximum Gasteiger partial charge on any atom is 0.0294 e. The molecular weight excluding hydrogens is 158 g/mol. The third-order valence-electron chi connectivity index (χ3n) is 2.76. The van der Waals surface area contributed by atoms with E-state index in [1.54, 1.807) is 0 Å². The molecule has 1 aromatic carbocycles. The van der Waals surface area contributed by atoms with Crippen molar-refractivity contribution < 1.29 is 0 Å². The zero-order chi connectivity index (χ0) is 9.26. The van der Waals surface area contributed by atoms with Crippen molar-refractivity contribution in [2.24, 2.45) is 0 Å². The van der Waals surface area contributed by atoms with Crippen LogP contribution in [0.2, 0.25) is 0 Å². The third-order valence-corrected chi connectivity index (χ3v) is 2.76. The Hall–Kier alpha value is -1.08. The van der Waals surface area contributed by atoms with Gasteiger partial charge in [0.1, 0.15) is 0 Å². The number of fused-ring (bicyclic) bond motifs is 1. The molecule has 0 saturated carbocycles. The second kappa shape index (κ2) is 3.35. The highest BCUT2D eigenvalue weighted by Crippen LogP contribution is 2.25. The van der Waals surface area contributed by atoms with Crippen LogP contribution in [0.25, 0.3) is 6.08 Å². The van der Waals surface area contributed by atoms with Crippen molar-refractivity contribution in [2.45, 2.75) is 19.4 Å². The fraction of sp³-hybridized carbons (Fsp3) is 0.333. The number of benzene rings is 1. The molecule has 68 valence electrons. The van der Waals surface area contributed by atoms with E-state index >= 15 is 0 Å². The summed E-state index contributed by atoms with van der Waals surface area (Å²) >= 11 is 0. The van der Waals surface area contributed by atoms with Gasteiger partial charge < -0.3 is 5.32 Å². The van der Waals surface area contributed by atoms with Crippen LogP contribution in [0.3, 0.4) is 0 Å². The van der Waals surface area contributed by atoms with Gasteiger partial charge in [-0.15, -0.1) is 0 Å². The minimum Gasteiger partial charge on any atom is -0.310 e. The minimum atomic E-state index is 0.489. The van der Waals surface area contributed by atoms with Gasteiger partial charge in [0, 0.05) is 6.04 Å². The van der Waals surface area contributed by atoms with E-state index in [0.717, 1.165) is 13.0 Å². The molecule has 0 aromatic heterocycles. The van der Waals surface area contributed by atoms with Gasteiger partial charge in [-0.1, -0.05) is 30.9 Å². The first-order valence-electron chi connectivity index (χ1n) is 4.80. The molecule has 1 heteroatoms. The molecule has 1 aliphatic heterocycles. The van der Waals surface area contributed by atoms with Gasteiger partial charge >= 0.3 is 0 Å². The topological polar surface area (TPSA) is 12.0 Å². The molecule has 0 fully saturated rings. The minimum absolute atomic E-state index is 0.489. The summed E-state index contributed by atoms with van der Waals surface area (Å²) in [6.45, 7) is 7.14. The van der Waals surface area contributed by atoms with E-state index in [0.29, 0.717) is 6.04 Å². The Morgan fingerprint density at radius 3 is 3.15 bits per heavy atom. The lowest BCUT2D eigenvalue weighted by atomic mass is 9.91. The van der Waals surface area contributed by atoms with E-state index in [1.165, 1.54) is 16.7 Å². The van der Waals surface area contributed by atoms with Gasteiger partial charge in [-0.25, -0.2) is 0 Å². The molecule has 1 aromatic rings. The molecule has 0 aliphatic carbocycles. The largest absolute Gasteiger partial charge is 0.310 e. The van der Waals surface area contributed by atoms with Crippen molar-refractivity contribution >= 4 is 6.08 Å². The second-order valence-corrected chi connectivity index (χ2v) is 3.54. The summed E-state index contributed by atoms with van der Waals surface area (Å²) in [5, 5.41) is 3.46. The summed E-state index contributed by atoms with van der Waals surface area (Å²) < 4.78 is 0.